The summed E-state index contributed by atoms with van der Waals surface area (Å²) in [7, 11) is 0. The van der Waals surface area contributed by atoms with Crippen LogP contribution in [0, 0.1) is 5.92 Å². The van der Waals surface area contributed by atoms with Crippen molar-refractivity contribution in [2.24, 2.45) is 17.4 Å². The summed E-state index contributed by atoms with van der Waals surface area (Å²) in [6, 6.07) is 9.36. The van der Waals surface area contributed by atoms with Gasteiger partial charge >= 0.3 is 0 Å². The zero-order valence-electron chi connectivity index (χ0n) is 12.0. The van der Waals surface area contributed by atoms with Crippen LogP contribution in [0.1, 0.15) is 38.8 Å². The van der Waals surface area contributed by atoms with Gasteiger partial charge in [0.05, 0.1) is 5.54 Å². The largest absolute Gasteiger partial charge is 0.349 e. The van der Waals surface area contributed by atoms with Crippen LogP contribution in [0.2, 0.25) is 0 Å². The van der Waals surface area contributed by atoms with Gasteiger partial charge in [0.1, 0.15) is 0 Å². The van der Waals surface area contributed by atoms with E-state index in [9.17, 15) is 4.79 Å². The second-order valence-corrected chi connectivity index (χ2v) is 5.55. The molecule has 1 rings (SSSR count). The predicted molar refractivity (Wildman–Crippen MR) is 78.4 cm³/mol. The standard InChI is InChI=1S/C15H25N3O/c1-11(2)15(3,10-16)18-14(19)9-13(17)12-7-5-4-6-8-12/h4-8,11,13H,9-10,16-17H2,1-3H3,(H,18,19). The SMILES string of the molecule is CC(C)C(C)(CN)NC(=O)CC(N)c1ccccc1. The van der Waals surface area contributed by atoms with E-state index in [4.69, 9.17) is 11.5 Å². The van der Waals surface area contributed by atoms with Crippen LogP contribution >= 0.6 is 0 Å². The van der Waals surface area contributed by atoms with Gasteiger partial charge < -0.3 is 16.8 Å². The molecule has 0 aromatic heterocycles. The van der Waals surface area contributed by atoms with E-state index in [0.29, 0.717) is 6.54 Å². The van der Waals surface area contributed by atoms with Crippen molar-refractivity contribution in [3.8, 4) is 0 Å². The highest BCUT2D eigenvalue weighted by atomic mass is 16.1. The van der Waals surface area contributed by atoms with E-state index in [1.165, 1.54) is 0 Å². The van der Waals surface area contributed by atoms with E-state index < -0.39 is 0 Å². The normalized spacial score (nSPS) is 15.9. The molecule has 106 valence electrons. The van der Waals surface area contributed by atoms with Crippen LogP contribution in [-0.4, -0.2) is 18.0 Å². The summed E-state index contributed by atoms with van der Waals surface area (Å²) in [5, 5.41) is 3.00. The Morgan fingerprint density at radius 2 is 1.89 bits per heavy atom. The summed E-state index contributed by atoms with van der Waals surface area (Å²) in [5.41, 5.74) is 12.4. The molecule has 0 bridgehead atoms. The summed E-state index contributed by atoms with van der Waals surface area (Å²) >= 11 is 0. The third-order valence-electron chi connectivity index (χ3n) is 3.76. The van der Waals surface area contributed by atoms with Gasteiger partial charge in [0.15, 0.2) is 0 Å². The molecule has 0 saturated heterocycles. The molecule has 4 heteroatoms. The highest BCUT2D eigenvalue weighted by Gasteiger charge is 2.28. The summed E-state index contributed by atoms with van der Waals surface area (Å²) in [6.45, 7) is 6.47. The van der Waals surface area contributed by atoms with E-state index in [2.05, 4.69) is 5.32 Å². The number of carbonyl (C=O) groups is 1. The summed E-state index contributed by atoms with van der Waals surface area (Å²) < 4.78 is 0. The lowest BCUT2D eigenvalue weighted by molar-refractivity contribution is -0.123. The van der Waals surface area contributed by atoms with Gasteiger partial charge in [-0.3, -0.25) is 4.79 Å². The second-order valence-electron chi connectivity index (χ2n) is 5.55. The fourth-order valence-corrected chi connectivity index (χ4v) is 1.82. The molecule has 0 saturated carbocycles. The maximum Gasteiger partial charge on any atom is 0.222 e. The first-order valence-corrected chi connectivity index (χ1v) is 6.70. The van der Waals surface area contributed by atoms with Crippen molar-refractivity contribution in [2.45, 2.75) is 38.8 Å². The third-order valence-corrected chi connectivity index (χ3v) is 3.76. The molecule has 0 aliphatic carbocycles. The highest BCUT2D eigenvalue weighted by molar-refractivity contribution is 5.77. The van der Waals surface area contributed by atoms with Crippen LogP contribution < -0.4 is 16.8 Å². The van der Waals surface area contributed by atoms with Gasteiger partial charge in [0.2, 0.25) is 5.91 Å². The molecule has 5 N–H and O–H groups in total. The van der Waals surface area contributed by atoms with Gasteiger partial charge in [0.25, 0.3) is 0 Å². The topological polar surface area (TPSA) is 81.1 Å². The van der Waals surface area contributed by atoms with Crippen LogP contribution in [0.15, 0.2) is 30.3 Å². The number of nitrogens with one attached hydrogen (secondary N) is 1. The third kappa shape index (κ3) is 4.33. The van der Waals surface area contributed by atoms with Gasteiger partial charge in [-0.05, 0) is 18.4 Å². The molecular weight excluding hydrogens is 238 g/mol. The van der Waals surface area contributed by atoms with Crippen molar-refractivity contribution < 1.29 is 4.79 Å². The van der Waals surface area contributed by atoms with Crippen molar-refractivity contribution in [1.29, 1.82) is 0 Å². The molecule has 1 aromatic rings. The minimum atomic E-state index is -0.381. The second kappa shape index (κ2) is 6.68. The first-order valence-electron chi connectivity index (χ1n) is 6.70. The summed E-state index contributed by atoms with van der Waals surface area (Å²) in [6.07, 6.45) is 0.270. The molecule has 0 heterocycles. The van der Waals surface area contributed by atoms with Crippen LogP contribution in [0.3, 0.4) is 0 Å². The Hall–Kier alpha value is -1.39. The van der Waals surface area contributed by atoms with Gasteiger partial charge in [-0.25, -0.2) is 0 Å². The molecule has 0 fully saturated rings. The quantitative estimate of drug-likeness (QED) is 0.728. The Morgan fingerprint density at radius 3 is 2.37 bits per heavy atom. The van der Waals surface area contributed by atoms with Crippen molar-refractivity contribution in [3.05, 3.63) is 35.9 Å². The number of hydrogen-bond donors (Lipinski definition) is 3. The maximum atomic E-state index is 12.1. The summed E-state index contributed by atoms with van der Waals surface area (Å²) in [5.74, 6) is 0.215. The molecule has 2 unspecified atom stereocenters. The Kier molecular flexibility index (Phi) is 5.51. The number of amides is 1. The van der Waals surface area contributed by atoms with Gasteiger partial charge in [-0.15, -0.1) is 0 Å². The monoisotopic (exact) mass is 263 g/mol. The number of nitrogens with two attached hydrogens (primary N) is 2. The number of benzene rings is 1. The lowest BCUT2D eigenvalue weighted by atomic mass is 9.88. The van der Waals surface area contributed by atoms with Gasteiger partial charge in [-0.2, -0.15) is 0 Å². The molecule has 0 radical (unpaired) electrons. The van der Waals surface area contributed by atoms with Crippen LogP contribution in [0.5, 0.6) is 0 Å². The number of carbonyl (C=O) groups excluding carboxylic acids is 1. The Balaban J connectivity index is 2.61. The van der Waals surface area contributed by atoms with Crippen molar-refractivity contribution in [3.63, 3.8) is 0 Å². The van der Waals surface area contributed by atoms with Crippen molar-refractivity contribution >= 4 is 5.91 Å². The van der Waals surface area contributed by atoms with E-state index in [0.717, 1.165) is 5.56 Å². The Bertz CT molecular complexity index is 405. The molecular formula is C15H25N3O. The fourth-order valence-electron chi connectivity index (χ4n) is 1.82. The minimum absolute atomic E-state index is 0.0574. The zero-order chi connectivity index (χ0) is 14.5. The first-order chi connectivity index (χ1) is 8.89. The number of rotatable bonds is 6. The van der Waals surface area contributed by atoms with Crippen LogP contribution in [0.4, 0.5) is 0 Å². The van der Waals surface area contributed by atoms with Crippen molar-refractivity contribution in [2.75, 3.05) is 6.54 Å². The zero-order valence-corrected chi connectivity index (χ0v) is 12.0. The number of hydrogen-bond acceptors (Lipinski definition) is 3. The molecule has 0 aliphatic rings. The lowest BCUT2D eigenvalue weighted by Gasteiger charge is -2.34. The average Bonchev–Trinajstić information content (AvgIpc) is 2.39. The molecule has 0 aliphatic heterocycles. The molecule has 19 heavy (non-hydrogen) atoms. The lowest BCUT2D eigenvalue weighted by Crippen LogP contribution is -2.55. The highest BCUT2D eigenvalue weighted by Crippen LogP contribution is 2.17. The molecule has 4 nitrogen and oxygen atoms in total. The van der Waals surface area contributed by atoms with E-state index in [-0.39, 0.29) is 29.8 Å². The molecule has 2 atom stereocenters. The predicted octanol–water partition coefficient (Wildman–Crippen LogP) is 1.57. The summed E-state index contributed by atoms with van der Waals surface area (Å²) in [4.78, 5) is 12.1. The average molecular weight is 263 g/mol. The van der Waals surface area contributed by atoms with E-state index in [1.54, 1.807) is 0 Å². The maximum absolute atomic E-state index is 12.1. The molecule has 1 aromatic carbocycles. The van der Waals surface area contributed by atoms with Crippen LogP contribution in [0.25, 0.3) is 0 Å². The van der Waals surface area contributed by atoms with Gasteiger partial charge in [-0.1, -0.05) is 44.2 Å². The van der Waals surface area contributed by atoms with Crippen molar-refractivity contribution in [1.82, 2.24) is 5.32 Å². The fraction of sp³-hybridized carbons (Fsp3) is 0.533. The van der Waals surface area contributed by atoms with E-state index in [1.807, 2.05) is 51.1 Å². The van der Waals surface area contributed by atoms with E-state index >= 15 is 0 Å². The minimum Gasteiger partial charge on any atom is -0.349 e. The Labute approximate surface area is 115 Å². The smallest absolute Gasteiger partial charge is 0.222 e. The van der Waals surface area contributed by atoms with Crippen LogP contribution in [-0.2, 0) is 4.79 Å². The van der Waals surface area contributed by atoms with Gasteiger partial charge in [0, 0.05) is 19.0 Å². The first kappa shape index (κ1) is 15.7. The molecule has 0 spiro atoms. The Morgan fingerprint density at radius 1 is 1.32 bits per heavy atom. The molecule has 1 amide bonds.